The van der Waals surface area contributed by atoms with Gasteiger partial charge in [-0.3, -0.25) is 14.5 Å². The fourth-order valence-electron chi connectivity index (χ4n) is 3.97. The third-order valence-corrected chi connectivity index (χ3v) is 6.49. The topological polar surface area (TPSA) is 70.1 Å². The number of nitrogens with zero attached hydrogens (tertiary/aromatic N) is 2. The van der Waals surface area contributed by atoms with Gasteiger partial charge in [0.2, 0.25) is 0 Å². The molecule has 1 atom stereocenters. The van der Waals surface area contributed by atoms with Crippen molar-refractivity contribution in [3.05, 3.63) is 74.7 Å². The Morgan fingerprint density at radius 1 is 1.06 bits per heavy atom. The Labute approximate surface area is 194 Å². The Balaban J connectivity index is 1.75. The molecule has 6 nitrogen and oxygen atoms in total. The number of amides is 1. The Hall–Kier alpha value is -2.19. The normalized spacial score (nSPS) is 21.6. The lowest BCUT2D eigenvalue weighted by molar-refractivity contribution is -0.140. The lowest BCUT2D eigenvalue weighted by atomic mass is 9.95. The van der Waals surface area contributed by atoms with Gasteiger partial charge in [-0.25, -0.2) is 0 Å². The minimum absolute atomic E-state index is 0.0578. The Bertz CT molecular complexity index is 1020. The lowest BCUT2D eigenvalue weighted by Crippen LogP contribution is -2.42. The maximum absolute atomic E-state index is 13.0. The minimum Gasteiger partial charge on any atom is -0.507 e. The number of hydrogen-bond acceptors (Lipinski definition) is 5. The van der Waals surface area contributed by atoms with E-state index < -0.39 is 17.7 Å². The van der Waals surface area contributed by atoms with Crippen molar-refractivity contribution in [2.75, 3.05) is 39.4 Å². The molecule has 0 aliphatic carbocycles. The van der Waals surface area contributed by atoms with Crippen LogP contribution < -0.4 is 0 Å². The van der Waals surface area contributed by atoms with Crippen molar-refractivity contribution < 1.29 is 19.4 Å². The van der Waals surface area contributed by atoms with Crippen LogP contribution >= 0.6 is 27.5 Å². The summed E-state index contributed by atoms with van der Waals surface area (Å²) in [5.41, 5.74) is 1.14. The number of ketones is 1. The fourth-order valence-corrected chi connectivity index (χ4v) is 4.47. The molecule has 1 N–H and O–H groups in total. The zero-order valence-corrected chi connectivity index (χ0v) is 19.1. The van der Waals surface area contributed by atoms with Gasteiger partial charge in [-0.05, 0) is 23.8 Å². The van der Waals surface area contributed by atoms with Gasteiger partial charge in [0.05, 0.1) is 24.8 Å². The van der Waals surface area contributed by atoms with E-state index in [9.17, 15) is 14.7 Å². The SMILES string of the molecule is O=C1C(=O)N(CCN2CCOCC2)[C@H](c2ccccc2Cl)/C1=C(\O)c1ccc(Br)cc1. The molecule has 31 heavy (non-hydrogen) atoms. The molecule has 2 aromatic carbocycles. The predicted octanol–water partition coefficient (Wildman–Crippen LogP) is 3.86. The minimum atomic E-state index is -0.751. The second-order valence-electron chi connectivity index (χ2n) is 7.47. The van der Waals surface area contributed by atoms with Gasteiger partial charge >= 0.3 is 0 Å². The van der Waals surface area contributed by atoms with Crippen molar-refractivity contribution in [2.45, 2.75) is 6.04 Å². The first-order valence-corrected chi connectivity index (χ1v) is 11.2. The molecule has 0 spiro atoms. The standard InChI is InChI=1S/C23H22BrClN2O4/c24-16-7-5-15(6-8-16)21(28)19-20(17-3-1-2-4-18(17)25)27(23(30)22(19)29)10-9-26-11-13-31-14-12-26/h1-8,20,28H,9-14H2/b21-19+/t20-/m1/s1. The van der Waals surface area contributed by atoms with Crippen LogP contribution in [0.25, 0.3) is 5.76 Å². The number of benzene rings is 2. The quantitative estimate of drug-likeness (QED) is 0.380. The van der Waals surface area contributed by atoms with Crippen LogP contribution in [0.2, 0.25) is 5.02 Å². The van der Waals surface area contributed by atoms with E-state index in [0.29, 0.717) is 42.5 Å². The first kappa shape index (κ1) is 22.0. The molecule has 2 saturated heterocycles. The number of hydrogen-bond donors (Lipinski definition) is 1. The van der Waals surface area contributed by atoms with E-state index in [1.807, 2.05) is 6.07 Å². The van der Waals surface area contributed by atoms with Crippen LogP contribution in [0.3, 0.4) is 0 Å². The molecule has 8 heteroatoms. The maximum atomic E-state index is 13.0. The van der Waals surface area contributed by atoms with Gasteiger partial charge in [0.15, 0.2) is 0 Å². The molecule has 2 aliphatic heterocycles. The van der Waals surface area contributed by atoms with Crippen LogP contribution in [0.5, 0.6) is 0 Å². The van der Waals surface area contributed by atoms with Gasteiger partial charge in [-0.15, -0.1) is 0 Å². The summed E-state index contributed by atoms with van der Waals surface area (Å²) in [4.78, 5) is 29.8. The van der Waals surface area contributed by atoms with Crippen LogP contribution in [0.1, 0.15) is 17.2 Å². The molecular weight excluding hydrogens is 484 g/mol. The molecule has 4 rings (SSSR count). The highest BCUT2D eigenvalue weighted by atomic mass is 79.9. The monoisotopic (exact) mass is 504 g/mol. The first-order valence-electron chi connectivity index (χ1n) is 10.1. The summed E-state index contributed by atoms with van der Waals surface area (Å²) < 4.78 is 6.23. The zero-order chi connectivity index (χ0) is 22.0. The van der Waals surface area contributed by atoms with Crippen molar-refractivity contribution in [1.29, 1.82) is 0 Å². The predicted molar refractivity (Wildman–Crippen MR) is 122 cm³/mol. The average molecular weight is 506 g/mol. The van der Waals surface area contributed by atoms with E-state index in [1.165, 1.54) is 4.90 Å². The average Bonchev–Trinajstić information content (AvgIpc) is 3.03. The van der Waals surface area contributed by atoms with E-state index in [1.54, 1.807) is 42.5 Å². The van der Waals surface area contributed by atoms with Gasteiger partial charge in [0, 0.05) is 41.2 Å². The van der Waals surface area contributed by atoms with Crippen molar-refractivity contribution >= 4 is 45.0 Å². The summed E-state index contributed by atoms with van der Waals surface area (Å²) in [6.45, 7) is 3.80. The lowest BCUT2D eigenvalue weighted by Gasteiger charge is -2.31. The third-order valence-electron chi connectivity index (χ3n) is 5.62. The molecule has 2 heterocycles. The Kier molecular flexibility index (Phi) is 6.77. The van der Waals surface area contributed by atoms with Crippen LogP contribution in [0.4, 0.5) is 0 Å². The number of morpholine rings is 1. The van der Waals surface area contributed by atoms with E-state index >= 15 is 0 Å². The summed E-state index contributed by atoms with van der Waals surface area (Å²) in [5, 5.41) is 11.5. The summed E-state index contributed by atoms with van der Waals surface area (Å²) in [5.74, 6) is -1.53. The largest absolute Gasteiger partial charge is 0.507 e. The Morgan fingerprint density at radius 2 is 1.74 bits per heavy atom. The maximum Gasteiger partial charge on any atom is 0.295 e. The van der Waals surface area contributed by atoms with Crippen molar-refractivity contribution in [3.63, 3.8) is 0 Å². The third kappa shape index (κ3) is 4.55. The van der Waals surface area contributed by atoms with Gasteiger partial charge < -0.3 is 14.7 Å². The second kappa shape index (κ2) is 9.53. The molecule has 1 amide bonds. The number of ether oxygens (including phenoxy) is 1. The summed E-state index contributed by atoms with van der Waals surface area (Å²) in [6, 6.07) is 13.3. The summed E-state index contributed by atoms with van der Waals surface area (Å²) >= 11 is 9.83. The number of aliphatic hydroxyl groups is 1. The number of likely N-dealkylation sites (tertiary alicyclic amines) is 1. The number of carbonyl (C=O) groups is 2. The van der Waals surface area contributed by atoms with Crippen LogP contribution in [-0.4, -0.2) is 66.0 Å². The second-order valence-corrected chi connectivity index (χ2v) is 8.80. The molecule has 0 bridgehead atoms. The summed E-state index contributed by atoms with van der Waals surface area (Å²) in [6.07, 6.45) is 0. The van der Waals surface area contributed by atoms with Crippen molar-refractivity contribution in [2.24, 2.45) is 0 Å². The highest BCUT2D eigenvalue weighted by molar-refractivity contribution is 9.10. The smallest absolute Gasteiger partial charge is 0.295 e. The number of aliphatic hydroxyl groups excluding tert-OH is 1. The molecule has 162 valence electrons. The van der Waals surface area contributed by atoms with E-state index in [4.69, 9.17) is 16.3 Å². The van der Waals surface area contributed by atoms with E-state index in [2.05, 4.69) is 20.8 Å². The molecule has 0 radical (unpaired) electrons. The molecule has 2 fully saturated rings. The molecule has 0 saturated carbocycles. The van der Waals surface area contributed by atoms with Gasteiger partial charge in [0.25, 0.3) is 11.7 Å². The Morgan fingerprint density at radius 3 is 2.42 bits per heavy atom. The van der Waals surface area contributed by atoms with Gasteiger partial charge in [-0.1, -0.05) is 57.9 Å². The first-order chi connectivity index (χ1) is 15.0. The number of carbonyl (C=O) groups excluding carboxylic acids is 2. The van der Waals surface area contributed by atoms with Gasteiger partial charge in [-0.2, -0.15) is 0 Å². The summed E-state index contributed by atoms with van der Waals surface area (Å²) in [7, 11) is 0. The molecule has 0 aromatic heterocycles. The molecule has 2 aromatic rings. The highest BCUT2D eigenvalue weighted by Gasteiger charge is 2.46. The van der Waals surface area contributed by atoms with Crippen molar-refractivity contribution in [1.82, 2.24) is 9.80 Å². The van der Waals surface area contributed by atoms with Crippen LogP contribution in [0.15, 0.2) is 58.6 Å². The van der Waals surface area contributed by atoms with Crippen LogP contribution in [-0.2, 0) is 14.3 Å². The van der Waals surface area contributed by atoms with Gasteiger partial charge in [0.1, 0.15) is 5.76 Å². The van der Waals surface area contributed by atoms with E-state index in [-0.39, 0.29) is 11.3 Å². The molecular formula is C23H22BrClN2O4. The zero-order valence-electron chi connectivity index (χ0n) is 16.8. The van der Waals surface area contributed by atoms with Crippen LogP contribution in [0, 0.1) is 0 Å². The highest BCUT2D eigenvalue weighted by Crippen LogP contribution is 2.41. The fraction of sp³-hybridized carbons (Fsp3) is 0.304. The molecule has 0 unspecified atom stereocenters. The van der Waals surface area contributed by atoms with E-state index in [0.717, 1.165) is 17.6 Å². The molecule has 2 aliphatic rings. The number of rotatable bonds is 5. The number of halogens is 2. The number of Topliss-reactive ketones (excluding diaryl/α,β-unsaturated/α-hetero) is 1. The van der Waals surface area contributed by atoms with Crippen molar-refractivity contribution in [3.8, 4) is 0 Å².